The maximum absolute atomic E-state index is 12.4. The van der Waals surface area contributed by atoms with Gasteiger partial charge in [-0.25, -0.2) is 0 Å². The molecule has 10 nitrogen and oxygen atoms in total. The number of aromatic nitrogens is 2. The molecule has 1 unspecified atom stereocenters. The molecule has 0 bridgehead atoms. The summed E-state index contributed by atoms with van der Waals surface area (Å²) in [4.78, 5) is 32.7. The summed E-state index contributed by atoms with van der Waals surface area (Å²) in [6, 6.07) is 2.43. The van der Waals surface area contributed by atoms with Crippen LogP contribution in [0.5, 0.6) is 0 Å². The highest BCUT2D eigenvalue weighted by atomic mass is 16.6. The first-order chi connectivity index (χ1) is 11.7. The predicted octanol–water partition coefficient (Wildman–Crippen LogP) is 2.52. The monoisotopic (exact) mass is 347 g/mol. The number of benzene rings is 1. The fraction of sp³-hybridized carbons (Fsp3) is 0.333. The van der Waals surface area contributed by atoms with Crippen LogP contribution >= 0.6 is 0 Å². The number of carbonyl (C=O) groups is 1. The Kier molecular flexibility index (Phi) is 5.11. The van der Waals surface area contributed by atoms with Gasteiger partial charge in [0.2, 0.25) is 0 Å². The zero-order chi connectivity index (χ0) is 18.7. The van der Waals surface area contributed by atoms with Crippen molar-refractivity contribution < 1.29 is 14.6 Å². The van der Waals surface area contributed by atoms with Crippen molar-refractivity contribution in [3.8, 4) is 0 Å². The van der Waals surface area contributed by atoms with Gasteiger partial charge < -0.3 is 5.32 Å². The van der Waals surface area contributed by atoms with E-state index in [2.05, 4.69) is 10.4 Å². The summed E-state index contributed by atoms with van der Waals surface area (Å²) in [5.74, 6) is -0.636. The van der Waals surface area contributed by atoms with Crippen LogP contribution in [0.3, 0.4) is 0 Å². The molecule has 2 aromatic rings. The minimum atomic E-state index is -0.775. The van der Waals surface area contributed by atoms with E-state index in [4.69, 9.17) is 0 Å². The van der Waals surface area contributed by atoms with Crippen LogP contribution in [0.4, 0.5) is 11.4 Å². The lowest BCUT2D eigenvalue weighted by molar-refractivity contribution is -0.394. The van der Waals surface area contributed by atoms with E-state index in [0.717, 1.165) is 29.5 Å². The van der Waals surface area contributed by atoms with Crippen LogP contribution in [0.25, 0.3) is 0 Å². The lowest BCUT2D eigenvalue weighted by Crippen LogP contribution is -2.27. The van der Waals surface area contributed by atoms with Crippen molar-refractivity contribution in [2.75, 3.05) is 0 Å². The Labute approximate surface area is 142 Å². The van der Waals surface area contributed by atoms with Gasteiger partial charge in [-0.3, -0.25) is 29.7 Å². The summed E-state index contributed by atoms with van der Waals surface area (Å²) in [7, 11) is 0. The van der Waals surface area contributed by atoms with Gasteiger partial charge in [-0.1, -0.05) is 0 Å². The Balaban J connectivity index is 2.29. The van der Waals surface area contributed by atoms with Gasteiger partial charge in [0.25, 0.3) is 17.3 Å². The fourth-order valence-corrected chi connectivity index (χ4v) is 2.42. The molecule has 2 rings (SSSR count). The molecule has 1 N–H and O–H groups in total. The standard InChI is InChI=1S/C15H17N5O5/c1-4-18-8-14(10(3)17-18)9(2)16-15(21)11-5-12(19(22)23)7-13(6-11)20(24)25/h5-9H,4H2,1-3H3,(H,16,21). The van der Waals surface area contributed by atoms with Crippen molar-refractivity contribution in [3.63, 3.8) is 0 Å². The number of hydrogen-bond acceptors (Lipinski definition) is 6. The molecule has 0 aliphatic rings. The van der Waals surface area contributed by atoms with Crippen LogP contribution in [-0.2, 0) is 6.54 Å². The topological polar surface area (TPSA) is 133 Å². The Morgan fingerprint density at radius 1 is 1.24 bits per heavy atom. The predicted molar refractivity (Wildman–Crippen MR) is 88.3 cm³/mol. The van der Waals surface area contributed by atoms with E-state index in [1.54, 1.807) is 17.8 Å². The molecular weight excluding hydrogens is 330 g/mol. The lowest BCUT2D eigenvalue weighted by atomic mass is 10.1. The summed E-state index contributed by atoms with van der Waals surface area (Å²) in [6.07, 6.45) is 1.80. The Morgan fingerprint density at radius 2 is 1.80 bits per heavy atom. The number of nitrogens with one attached hydrogen (secondary N) is 1. The fourth-order valence-electron chi connectivity index (χ4n) is 2.42. The normalized spacial score (nSPS) is 11.8. The molecule has 10 heteroatoms. The highest BCUT2D eigenvalue weighted by molar-refractivity contribution is 5.95. The number of nitro benzene ring substituents is 2. The van der Waals surface area contributed by atoms with Crippen molar-refractivity contribution in [3.05, 3.63) is 61.4 Å². The third-order valence-corrected chi connectivity index (χ3v) is 3.71. The number of carbonyl (C=O) groups excluding carboxylic acids is 1. The molecule has 0 aliphatic heterocycles. The van der Waals surface area contributed by atoms with E-state index in [1.165, 1.54) is 0 Å². The first kappa shape index (κ1) is 18.0. The van der Waals surface area contributed by atoms with E-state index in [0.29, 0.717) is 6.54 Å². The van der Waals surface area contributed by atoms with E-state index in [1.807, 2.05) is 13.8 Å². The molecule has 0 saturated heterocycles. The van der Waals surface area contributed by atoms with Crippen LogP contribution in [0, 0.1) is 27.2 Å². The average Bonchev–Trinajstić information content (AvgIpc) is 2.95. The molecule has 1 amide bonds. The molecular formula is C15H17N5O5. The van der Waals surface area contributed by atoms with E-state index in [-0.39, 0.29) is 5.56 Å². The molecule has 25 heavy (non-hydrogen) atoms. The third-order valence-electron chi connectivity index (χ3n) is 3.71. The smallest absolute Gasteiger partial charge is 0.277 e. The van der Waals surface area contributed by atoms with E-state index in [9.17, 15) is 25.0 Å². The van der Waals surface area contributed by atoms with Crippen LogP contribution in [0.2, 0.25) is 0 Å². The summed E-state index contributed by atoms with van der Waals surface area (Å²) in [6.45, 7) is 6.16. The molecule has 0 aliphatic carbocycles. The van der Waals surface area contributed by atoms with Gasteiger partial charge in [-0.15, -0.1) is 0 Å². The molecule has 0 spiro atoms. The van der Waals surface area contributed by atoms with Gasteiger partial charge in [0.05, 0.1) is 33.2 Å². The minimum Gasteiger partial charge on any atom is -0.345 e. The molecule has 1 aromatic carbocycles. The van der Waals surface area contributed by atoms with Crippen molar-refractivity contribution in [1.82, 2.24) is 15.1 Å². The van der Waals surface area contributed by atoms with Crippen molar-refractivity contribution in [1.29, 1.82) is 0 Å². The van der Waals surface area contributed by atoms with Gasteiger partial charge in [0.1, 0.15) is 0 Å². The van der Waals surface area contributed by atoms with Crippen LogP contribution in [0.1, 0.15) is 41.5 Å². The van der Waals surface area contributed by atoms with Crippen molar-refractivity contribution in [2.24, 2.45) is 0 Å². The average molecular weight is 347 g/mol. The second-order valence-corrected chi connectivity index (χ2v) is 5.47. The van der Waals surface area contributed by atoms with E-state index >= 15 is 0 Å². The summed E-state index contributed by atoms with van der Waals surface area (Å²) < 4.78 is 1.73. The van der Waals surface area contributed by atoms with Gasteiger partial charge in [-0.2, -0.15) is 5.10 Å². The maximum Gasteiger partial charge on any atom is 0.277 e. The summed E-state index contributed by atoms with van der Waals surface area (Å²) in [5, 5.41) is 28.8. The number of hydrogen-bond donors (Lipinski definition) is 1. The van der Waals surface area contributed by atoms with Crippen molar-refractivity contribution >= 4 is 17.3 Å². The summed E-state index contributed by atoms with van der Waals surface area (Å²) >= 11 is 0. The van der Waals surface area contributed by atoms with Gasteiger partial charge in [0, 0.05) is 30.4 Å². The number of nitro groups is 2. The molecule has 1 atom stereocenters. The first-order valence-corrected chi connectivity index (χ1v) is 7.51. The number of aryl methyl sites for hydroxylation is 2. The van der Waals surface area contributed by atoms with Crippen LogP contribution in [0.15, 0.2) is 24.4 Å². The summed E-state index contributed by atoms with van der Waals surface area (Å²) in [5.41, 5.74) is 0.382. The Hall–Kier alpha value is -3.30. The van der Waals surface area contributed by atoms with Gasteiger partial charge in [0.15, 0.2) is 0 Å². The molecule has 0 fully saturated rings. The van der Waals surface area contributed by atoms with Gasteiger partial charge >= 0.3 is 0 Å². The molecule has 0 saturated carbocycles. The molecule has 1 heterocycles. The SMILES string of the molecule is CCn1cc(C(C)NC(=O)c2cc([N+](=O)[O-])cc([N+](=O)[O-])c2)c(C)n1. The van der Waals surface area contributed by atoms with Crippen molar-refractivity contribution in [2.45, 2.75) is 33.4 Å². The van der Waals surface area contributed by atoms with Crippen LogP contribution < -0.4 is 5.32 Å². The lowest BCUT2D eigenvalue weighted by Gasteiger charge is -2.13. The Morgan fingerprint density at radius 3 is 2.24 bits per heavy atom. The van der Waals surface area contributed by atoms with Crippen LogP contribution in [-0.4, -0.2) is 25.5 Å². The maximum atomic E-state index is 12.4. The largest absolute Gasteiger partial charge is 0.345 e. The third kappa shape index (κ3) is 3.97. The van der Waals surface area contributed by atoms with E-state index < -0.39 is 33.2 Å². The number of non-ortho nitro benzene ring substituents is 2. The first-order valence-electron chi connectivity index (χ1n) is 7.51. The second kappa shape index (κ2) is 7.07. The molecule has 0 radical (unpaired) electrons. The second-order valence-electron chi connectivity index (χ2n) is 5.47. The highest BCUT2D eigenvalue weighted by Gasteiger charge is 2.22. The highest BCUT2D eigenvalue weighted by Crippen LogP contribution is 2.23. The number of rotatable bonds is 6. The zero-order valence-corrected chi connectivity index (χ0v) is 13.9. The minimum absolute atomic E-state index is 0.145. The molecule has 1 aromatic heterocycles. The molecule has 132 valence electrons. The van der Waals surface area contributed by atoms with Gasteiger partial charge in [-0.05, 0) is 20.8 Å². The quantitative estimate of drug-likeness (QED) is 0.630. The Bertz CT molecular complexity index is 813. The number of amides is 1. The number of nitrogens with zero attached hydrogens (tertiary/aromatic N) is 4. The zero-order valence-electron chi connectivity index (χ0n) is 13.9.